The fraction of sp³-hybridized carbons (Fsp3) is 1.00. The molecule has 0 bridgehead atoms. The van der Waals surface area contributed by atoms with Gasteiger partial charge in [0.15, 0.2) is 0 Å². The van der Waals surface area contributed by atoms with Crippen molar-refractivity contribution in [1.29, 1.82) is 0 Å². The van der Waals surface area contributed by atoms with Crippen LogP contribution in [0.25, 0.3) is 0 Å². The summed E-state index contributed by atoms with van der Waals surface area (Å²) in [7, 11) is 0. The second-order valence-electron chi connectivity index (χ2n) is 1.71. The van der Waals surface area contributed by atoms with E-state index in [0.29, 0.717) is 0 Å². The lowest BCUT2D eigenvalue weighted by Crippen LogP contribution is -2.45. The maximum Gasteiger partial charge on any atom is 0.0699 e. The standard InChI is InChI=1S/C4H11N3O/c1-2-4-8-7-6-5-3-1/h5-7H,1-4H2. The summed E-state index contributed by atoms with van der Waals surface area (Å²) in [5, 5.41) is 0. The van der Waals surface area contributed by atoms with E-state index in [0.717, 1.165) is 26.0 Å². The second-order valence-corrected chi connectivity index (χ2v) is 1.71. The van der Waals surface area contributed by atoms with Gasteiger partial charge in [-0.05, 0) is 12.8 Å². The van der Waals surface area contributed by atoms with Gasteiger partial charge in [0.05, 0.1) is 6.61 Å². The first-order valence-electron chi connectivity index (χ1n) is 2.85. The molecule has 0 spiro atoms. The molecule has 48 valence electrons. The van der Waals surface area contributed by atoms with Gasteiger partial charge in [-0.3, -0.25) is 4.84 Å². The fourth-order valence-electron chi connectivity index (χ4n) is 0.573. The largest absolute Gasteiger partial charge is 0.286 e. The summed E-state index contributed by atoms with van der Waals surface area (Å²) in [6, 6.07) is 0. The summed E-state index contributed by atoms with van der Waals surface area (Å²) in [4.78, 5) is 4.85. The molecule has 1 rings (SSSR count). The van der Waals surface area contributed by atoms with E-state index in [1.807, 2.05) is 0 Å². The van der Waals surface area contributed by atoms with Crippen LogP contribution in [0.2, 0.25) is 0 Å². The molecule has 0 saturated carbocycles. The Bertz CT molecular complexity index is 35.2. The minimum Gasteiger partial charge on any atom is -0.286 e. The fourth-order valence-corrected chi connectivity index (χ4v) is 0.573. The maximum atomic E-state index is 4.85. The molecule has 3 N–H and O–H groups in total. The molecule has 4 heteroatoms. The molecule has 0 aromatic carbocycles. The number of hydrogen-bond acceptors (Lipinski definition) is 4. The van der Waals surface area contributed by atoms with Crippen molar-refractivity contribution >= 4 is 0 Å². The summed E-state index contributed by atoms with van der Waals surface area (Å²) in [5.74, 6) is 0. The molecule has 0 aromatic rings. The first-order chi connectivity index (χ1) is 4.00. The van der Waals surface area contributed by atoms with Gasteiger partial charge in [-0.2, -0.15) is 5.53 Å². The molecule has 0 amide bonds. The van der Waals surface area contributed by atoms with Crippen LogP contribution < -0.4 is 16.5 Å². The van der Waals surface area contributed by atoms with Crippen LogP contribution in [0, 0.1) is 0 Å². The molecule has 0 aliphatic carbocycles. The van der Waals surface area contributed by atoms with Crippen LogP contribution in [-0.4, -0.2) is 13.2 Å². The Morgan fingerprint density at radius 3 is 3.25 bits per heavy atom. The number of hydrazine groups is 2. The third-order valence-corrected chi connectivity index (χ3v) is 1.01. The highest BCUT2D eigenvalue weighted by Crippen LogP contribution is 1.86. The van der Waals surface area contributed by atoms with E-state index in [-0.39, 0.29) is 0 Å². The molecule has 1 fully saturated rings. The lowest BCUT2D eigenvalue weighted by Gasteiger charge is -2.11. The van der Waals surface area contributed by atoms with Crippen molar-refractivity contribution in [2.45, 2.75) is 12.8 Å². The van der Waals surface area contributed by atoms with Gasteiger partial charge >= 0.3 is 0 Å². The van der Waals surface area contributed by atoms with Crippen LogP contribution in [0.15, 0.2) is 0 Å². The summed E-state index contributed by atoms with van der Waals surface area (Å²) < 4.78 is 0. The molecule has 0 unspecified atom stereocenters. The Hall–Kier alpha value is -0.160. The topological polar surface area (TPSA) is 45.3 Å². The Morgan fingerprint density at radius 2 is 2.25 bits per heavy atom. The van der Waals surface area contributed by atoms with Crippen LogP contribution in [0.4, 0.5) is 0 Å². The number of hydrogen-bond donors (Lipinski definition) is 3. The van der Waals surface area contributed by atoms with E-state index in [1.54, 1.807) is 0 Å². The zero-order chi connectivity index (χ0) is 5.66. The van der Waals surface area contributed by atoms with Gasteiger partial charge in [-0.25, -0.2) is 5.43 Å². The molecule has 8 heavy (non-hydrogen) atoms. The van der Waals surface area contributed by atoms with Crippen molar-refractivity contribution in [3.05, 3.63) is 0 Å². The van der Waals surface area contributed by atoms with E-state index >= 15 is 0 Å². The van der Waals surface area contributed by atoms with Crippen LogP contribution in [-0.2, 0) is 4.84 Å². The Kier molecular flexibility index (Phi) is 2.83. The normalized spacial score (nSPS) is 24.0. The molecule has 0 radical (unpaired) electrons. The van der Waals surface area contributed by atoms with Crippen molar-refractivity contribution in [3.63, 3.8) is 0 Å². The average molecular weight is 117 g/mol. The quantitative estimate of drug-likeness (QED) is 0.393. The predicted octanol–water partition coefficient (Wildman–Crippen LogP) is -0.689. The Labute approximate surface area is 48.5 Å². The summed E-state index contributed by atoms with van der Waals surface area (Å²) in [5.41, 5.74) is 8.09. The van der Waals surface area contributed by atoms with Crippen LogP contribution in [0.1, 0.15) is 12.8 Å². The van der Waals surface area contributed by atoms with Gasteiger partial charge in [0.25, 0.3) is 0 Å². The van der Waals surface area contributed by atoms with Crippen molar-refractivity contribution < 1.29 is 4.84 Å². The highest BCUT2D eigenvalue weighted by Gasteiger charge is 1.92. The molecule has 1 saturated heterocycles. The lowest BCUT2D eigenvalue weighted by atomic mass is 10.3. The van der Waals surface area contributed by atoms with Crippen LogP contribution >= 0.6 is 0 Å². The molecular weight excluding hydrogens is 106 g/mol. The van der Waals surface area contributed by atoms with E-state index in [4.69, 9.17) is 4.84 Å². The molecule has 1 heterocycles. The van der Waals surface area contributed by atoms with E-state index in [1.165, 1.54) is 0 Å². The molecule has 4 nitrogen and oxygen atoms in total. The monoisotopic (exact) mass is 117 g/mol. The highest BCUT2D eigenvalue weighted by atomic mass is 16.7. The first kappa shape index (κ1) is 5.97. The van der Waals surface area contributed by atoms with Gasteiger partial charge in [-0.1, -0.05) is 0 Å². The first-order valence-corrected chi connectivity index (χ1v) is 2.85. The van der Waals surface area contributed by atoms with Crippen molar-refractivity contribution in [3.8, 4) is 0 Å². The molecule has 1 aliphatic rings. The SMILES string of the molecule is C1CCONNNC1. The Morgan fingerprint density at radius 1 is 1.25 bits per heavy atom. The molecular formula is C4H11N3O. The van der Waals surface area contributed by atoms with Gasteiger partial charge in [-0.15, -0.1) is 5.59 Å². The zero-order valence-corrected chi connectivity index (χ0v) is 4.74. The van der Waals surface area contributed by atoms with Crippen LogP contribution in [0.5, 0.6) is 0 Å². The summed E-state index contributed by atoms with van der Waals surface area (Å²) >= 11 is 0. The highest BCUT2D eigenvalue weighted by molar-refractivity contribution is 4.41. The van der Waals surface area contributed by atoms with Crippen molar-refractivity contribution in [1.82, 2.24) is 16.5 Å². The number of nitrogens with one attached hydrogen (secondary N) is 3. The predicted molar refractivity (Wildman–Crippen MR) is 29.5 cm³/mol. The van der Waals surface area contributed by atoms with E-state index in [9.17, 15) is 0 Å². The average Bonchev–Trinajstić information content (AvgIpc) is 1.62. The second kappa shape index (κ2) is 3.80. The minimum absolute atomic E-state index is 0.786. The Balaban J connectivity index is 2.00. The molecule has 0 aromatic heterocycles. The third kappa shape index (κ3) is 2.23. The smallest absolute Gasteiger partial charge is 0.0699 e. The zero-order valence-electron chi connectivity index (χ0n) is 4.74. The van der Waals surface area contributed by atoms with Crippen molar-refractivity contribution in [2.24, 2.45) is 0 Å². The molecule has 1 aliphatic heterocycles. The summed E-state index contributed by atoms with van der Waals surface area (Å²) in [6.45, 7) is 1.78. The number of rotatable bonds is 0. The summed E-state index contributed by atoms with van der Waals surface area (Å²) in [6.07, 6.45) is 2.27. The van der Waals surface area contributed by atoms with Gasteiger partial charge < -0.3 is 0 Å². The molecule has 0 atom stereocenters. The van der Waals surface area contributed by atoms with E-state index < -0.39 is 0 Å². The van der Waals surface area contributed by atoms with Gasteiger partial charge in [0, 0.05) is 6.54 Å². The third-order valence-electron chi connectivity index (χ3n) is 1.01. The van der Waals surface area contributed by atoms with Crippen molar-refractivity contribution in [2.75, 3.05) is 13.2 Å². The minimum atomic E-state index is 0.786. The lowest BCUT2D eigenvalue weighted by molar-refractivity contribution is -0.0105. The van der Waals surface area contributed by atoms with Crippen LogP contribution in [0.3, 0.4) is 0 Å². The van der Waals surface area contributed by atoms with E-state index in [2.05, 4.69) is 16.5 Å². The van der Waals surface area contributed by atoms with Gasteiger partial charge in [0.1, 0.15) is 0 Å². The van der Waals surface area contributed by atoms with Gasteiger partial charge in [0.2, 0.25) is 0 Å². The maximum absolute atomic E-state index is 4.85.